The lowest BCUT2D eigenvalue weighted by atomic mass is 10.3. The summed E-state index contributed by atoms with van der Waals surface area (Å²) in [5.74, 6) is -0.0398. The number of nitrogens with zero attached hydrogens (tertiary/aromatic N) is 1. The Hall–Kier alpha value is -0.940. The molecule has 1 heterocycles. The molecule has 0 aromatic carbocycles. The third-order valence-corrected chi connectivity index (χ3v) is 2.15. The summed E-state index contributed by atoms with van der Waals surface area (Å²) in [5.41, 5.74) is 2.61. The molecule has 0 radical (unpaired) electrons. The van der Waals surface area contributed by atoms with Gasteiger partial charge in [-0.2, -0.15) is 0 Å². The Bertz CT molecular complexity index is 249. The Morgan fingerprint density at radius 2 is 2.54 bits per heavy atom. The highest BCUT2D eigenvalue weighted by molar-refractivity contribution is 7.07. The molecule has 0 aliphatic carbocycles. The number of aromatic nitrogens is 1. The van der Waals surface area contributed by atoms with E-state index in [4.69, 9.17) is 5.11 Å². The Balaban J connectivity index is 2.15. The maximum atomic E-state index is 11.1. The number of carbonyl (C=O) groups excluding carboxylic acids is 1. The fraction of sp³-hybridized carbons (Fsp3) is 0.500. The van der Waals surface area contributed by atoms with Crippen LogP contribution in [0.1, 0.15) is 18.5 Å². The Labute approximate surface area is 80.6 Å². The summed E-state index contributed by atoms with van der Waals surface area (Å²) < 4.78 is 0. The normalized spacial score (nSPS) is 9.92. The van der Waals surface area contributed by atoms with Gasteiger partial charge in [-0.25, -0.2) is 4.98 Å². The van der Waals surface area contributed by atoms with Gasteiger partial charge in [0.05, 0.1) is 17.7 Å². The molecular formula is C8H12N2O2S. The molecule has 0 spiro atoms. The molecule has 0 saturated heterocycles. The summed E-state index contributed by atoms with van der Waals surface area (Å²) in [6.45, 7) is 0.540. The smallest absolute Gasteiger partial charge is 0.220 e. The fourth-order valence-electron chi connectivity index (χ4n) is 0.842. The summed E-state index contributed by atoms with van der Waals surface area (Å²) in [6, 6.07) is 0. The molecule has 0 saturated carbocycles. The van der Waals surface area contributed by atoms with Crippen molar-refractivity contribution in [1.82, 2.24) is 10.3 Å². The first-order valence-electron chi connectivity index (χ1n) is 4.07. The maximum absolute atomic E-state index is 11.1. The Morgan fingerprint density at radius 3 is 3.15 bits per heavy atom. The van der Waals surface area contributed by atoms with E-state index in [1.54, 1.807) is 5.51 Å². The van der Waals surface area contributed by atoms with Crippen molar-refractivity contribution in [2.75, 3.05) is 6.61 Å². The second-order valence-corrected chi connectivity index (χ2v) is 3.30. The van der Waals surface area contributed by atoms with E-state index < -0.39 is 0 Å². The van der Waals surface area contributed by atoms with E-state index in [-0.39, 0.29) is 12.5 Å². The number of hydrogen-bond donors (Lipinski definition) is 2. The summed E-state index contributed by atoms with van der Waals surface area (Å²) >= 11 is 1.51. The molecule has 1 aromatic heterocycles. The van der Waals surface area contributed by atoms with E-state index in [1.807, 2.05) is 5.38 Å². The first-order valence-corrected chi connectivity index (χ1v) is 5.02. The minimum atomic E-state index is -0.0398. The topological polar surface area (TPSA) is 62.2 Å². The van der Waals surface area contributed by atoms with Crippen molar-refractivity contribution < 1.29 is 9.90 Å². The number of rotatable bonds is 5. The molecule has 0 aliphatic rings. The van der Waals surface area contributed by atoms with Crippen LogP contribution in [-0.2, 0) is 11.3 Å². The van der Waals surface area contributed by atoms with Gasteiger partial charge in [0.25, 0.3) is 0 Å². The molecule has 1 rings (SSSR count). The molecule has 0 fully saturated rings. The molecule has 0 aliphatic heterocycles. The van der Waals surface area contributed by atoms with Crippen molar-refractivity contribution in [2.24, 2.45) is 0 Å². The van der Waals surface area contributed by atoms with Crippen LogP contribution in [0.5, 0.6) is 0 Å². The van der Waals surface area contributed by atoms with Gasteiger partial charge in [0.1, 0.15) is 0 Å². The predicted molar refractivity (Wildman–Crippen MR) is 50.3 cm³/mol. The largest absolute Gasteiger partial charge is 0.396 e. The van der Waals surface area contributed by atoms with Crippen molar-refractivity contribution >= 4 is 17.2 Å². The molecule has 0 unspecified atom stereocenters. The first kappa shape index (κ1) is 10.1. The lowest BCUT2D eigenvalue weighted by Gasteiger charge is -2.01. The summed E-state index contributed by atoms with van der Waals surface area (Å²) in [5, 5.41) is 13.1. The van der Waals surface area contributed by atoms with Gasteiger partial charge >= 0.3 is 0 Å². The van der Waals surface area contributed by atoms with Crippen molar-refractivity contribution in [3.8, 4) is 0 Å². The summed E-state index contributed by atoms with van der Waals surface area (Å²) in [6.07, 6.45) is 0.892. The van der Waals surface area contributed by atoms with E-state index in [0.29, 0.717) is 19.4 Å². The molecule has 0 bridgehead atoms. The van der Waals surface area contributed by atoms with Crippen LogP contribution in [-0.4, -0.2) is 22.6 Å². The van der Waals surface area contributed by atoms with Crippen LogP contribution in [0.4, 0.5) is 0 Å². The minimum absolute atomic E-state index is 0.0398. The third kappa shape index (κ3) is 4.00. The van der Waals surface area contributed by atoms with E-state index in [0.717, 1.165) is 5.69 Å². The highest BCUT2D eigenvalue weighted by Crippen LogP contribution is 1.99. The molecule has 13 heavy (non-hydrogen) atoms. The SMILES string of the molecule is O=C(CCCO)NCc1cscn1. The highest BCUT2D eigenvalue weighted by Gasteiger charge is 2.00. The number of nitrogens with one attached hydrogen (secondary N) is 1. The number of carbonyl (C=O) groups is 1. The van der Waals surface area contributed by atoms with Gasteiger partial charge in [-0.1, -0.05) is 0 Å². The average Bonchev–Trinajstić information content (AvgIpc) is 2.64. The van der Waals surface area contributed by atoms with Gasteiger partial charge in [-0.15, -0.1) is 11.3 Å². The van der Waals surface area contributed by atoms with E-state index in [2.05, 4.69) is 10.3 Å². The van der Waals surface area contributed by atoms with Gasteiger partial charge in [-0.05, 0) is 6.42 Å². The van der Waals surface area contributed by atoms with Crippen LogP contribution in [0.2, 0.25) is 0 Å². The Kier molecular flexibility index (Phi) is 4.42. The summed E-state index contributed by atoms with van der Waals surface area (Å²) in [7, 11) is 0. The second-order valence-electron chi connectivity index (χ2n) is 2.58. The molecule has 5 heteroatoms. The molecular weight excluding hydrogens is 188 g/mol. The highest BCUT2D eigenvalue weighted by atomic mass is 32.1. The number of aliphatic hydroxyl groups excluding tert-OH is 1. The number of amides is 1. The van der Waals surface area contributed by atoms with Gasteiger partial charge in [0, 0.05) is 18.4 Å². The van der Waals surface area contributed by atoms with Gasteiger partial charge < -0.3 is 10.4 Å². The number of hydrogen-bond acceptors (Lipinski definition) is 4. The molecule has 1 amide bonds. The standard InChI is InChI=1S/C8H12N2O2S/c11-3-1-2-8(12)9-4-7-5-13-6-10-7/h5-6,11H,1-4H2,(H,9,12). The molecule has 2 N–H and O–H groups in total. The van der Waals surface area contributed by atoms with Gasteiger partial charge in [0.15, 0.2) is 0 Å². The predicted octanol–water partition coefficient (Wildman–Crippen LogP) is 0.532. The van der Waals surface area contributed by atoms with Crippen LogP contribution in [0, 0.1) is 0 Å². The molecule has 1 aromatic rings. The van der Waals surface area contributed by atoms with E-state index in [1.165, 1.54) is 11.3 Å². The van der Waals surface area contributed by atoms with Crippen LogP contribution >= 0.6 is 11.3 Å². The van der Waals surface area contributed by atoms with Crippen molar-refractivity contribution in [2.45, 2.75) is 19.4 Å². The maximum Gasteiger partial charge on any atom is 0.220 e. The lowest BCUT2D eigenvalue weighted by Crippen LogP contribution is -2.22. The molecule has 4 nitrogen and oxygen atoms in total. The lowest BCUT2D eigenvalue weighted by molar-refractivity contribution is -0.121. The average molecular weight is 200 g/mol. The molecule has 0 atom stereocenters. The molecule has 72 valence electrons. The van der Waals surface area contributed by atoms with Crippen molar-refractivity contribution in [3.05, 3.63) is 16.6 Å². The van der Waals surface area contributed by atoms with Gasteiger partial charge in [-0.3, -0.25) is 4.79 Å². The minimum Gasteiger partial charge on any atom is -0.396 e. The second kappa shape index (κ2) is 5.66. The third-order valence-electron chi connectivity index (χ3n) is 1.51. The van der Waals surface area contributed by atoms with Crippen LogP contribution < -0.4 is 5.32 Å². The zero-order valence-electron chi connectivity index (χ0n) is 7.19. The zero-order valence-corrected chi connectivity index (χ0v) is 8.01. The van der Waals surface area contributed by atoms with Crippen molar-refractivity contribution in [1.29, 1.82) is 0 Å². The fourth-order valence-corrected chi connectivity index (χ4v) is 1.40. The zero-order chi connectivity index (χ0) is 9.52. The van der Waals surface area contributed by atoms with Crippen molar-refractivity contribution in [3.63, 3.8) is 0 Å². The number of thiazole rings is 1. The van der Waals surface area contributed by atoms with Gasteiger partial charge in [0.2, 0.25) is 5.91 Å². The summed E-state index contributed by atoms with van der Waals surface area (Å²) in [4.78, 5) is 15.1. The van der Waals surface area contributed by atoms with Crippen LogP contribution in [0.3, 0.4) is 0 Å². The Morgan fingerprint density at radius 1 is 1.69 bits per heavy atom. The number of aliphatic hydroxyl groups is 1. The first-order chi connectivity index (χ1) is 6.33. The van der Waals surface area contributed by atoms with E-state index >= 15 is 0 Å². The monoisotopic (exact) mass is 200 g/mol. The van der Waals surface area contributed by atoms with E-state index in [9.17, 15) is 4.79 Å². The van der Waals surface area contributed by atoms with Crippen LogP contribution in [0.25, 0.3) is 0 Å². The quantitative estimate of drug-likeness (QED) is 0.729. The van der Waals surface area contributed by atoms with Crippen LogP contribution in [0.15, 0.2) is 10.9 Å².